The van der Waals surface area contributed by atoms with Gasteiger partial charge in [-0.2, -0.15) is 0 Å². The third kappa shape index (κ3) is 1.68. The fourth-order valence-electron chi connectivity index (χ4n) is 2.43. The van der Waals surface area contributed by atoms with Gasteiger partial charge in [0.15, 0.2) is 0 Å². The first-order valence-corrected chi connectivity index (χ1v) is 5.98. The smallest absolute Gasteiger partial charge is 0.296 e. The van der Waals surface area contributed by atoms with Crippen LogP contribution >= 0.6 is 0 Å². The van der Waals surface area contributed by atoms with E-state index >= 15 is 0 Å². The van der Waals surface area contributed by atoms with Crippen LogP contribution in [0.25, 0.3) is 0 Å². The minimum Gasteiger partial charge on any atom is -0.318 e. The number of benzene rings is 1. The van der Waals surface area contributed by atoms with Crippen LogP contribution in [-0.2, 0) is 17.6 Å². The summed E-state index contributed by atoms with van der Waals surface area (Å²) in [7, 11) is 5.86. The molecule has 2 radical (unpaired) electrons. The number of fused-ring (bicyclic) bond motifs is 3. The van der Waals surface area contributed by atoms with Gasteiger partial charge in [0.2, 0.25) is 0 Å². The molecule has 1 heterocycles. The van der Waals surface area contributed by atoms with Crippen molar-refractivity contribution in [2.75, 3.05) is 5.32 Å². The second kappa shape index (κ2) is 4.36. The van der Waals surface area contributed by atoms with Crippen molar-refractivity contribution >= 4 is 30.7 Å². The summed E-state index contributed by atoms with van der Waals surface area (Å²) in [6.07, 6.45) is 2.88. The standard InChI is InChI=1S/C11H8BNO2.C2H6.H2/c12-8-4-7-9(13-11(15)10(7)14)6-3-1-2-5(6)8;1-2;/h4H,1-3H2,(H,13,14,15);1-2H3;1H. The molecule has 1 aromatic rings. The topological polar surface area (TPSA) is 46.2 Å². The Balaban J connectivity index is 0.000000516. The number of ketones is 1. The molecule has 3 nitrogen and oxygen atoms in total. The van der Waals surface area contributed by atoms with Crippen molar-refractivity contribution in [1.29, 1.82) is 0 Å². The highest BCUT2D eigenvalue weighted by Crippen LogP contribution is 2.33. The molecule has 0 unspecified atom stereocenters. The van der Waals surface area contributed by atoms with Crippen molar-refractivity contribution in [2.24, 2.45) is 0 Å². The summed E-state index contributed by atoms with van der Waals surface area (Å²) in [4.78, 5) is 22.7. The third-order valence-corrected chi connectivity index (χ3v) is 3.13. The summed E-state index contributed by atoms with van der Waals surface area (Å²) >= 11 is 0. The summed E-state index contributed by atoms with van der Waals surface area (Å²) in [6, 6.07) is 1.62. The predicted octanol–water partition coefficient (Wildman–Crippen LogP) is 1.38. The Bertz CT molecular complexity index is 514. The molecular weight excluding hydrogens is 213 g/mol. The maximum atomic E-state index is 11.5. The zero-order chi connectivity index (χ0) is 12.6. The zero-order valence-electron chi connectivity index (χ0n) is 10.1. The third-order valence-electron chi connectivity index (χ3n) is 3.13. The Labute approximate surface area is 103 Å². The molecule has 0 aromatic heterocycles. The summed E-state index contributed by atoms with van der Waals surface area (Å²) in [5.41, 5.74) is 3.95. The summed E-state index contributed by atoms with van der Waals surface area (Å²) in [5, 5.41) is 2.63. The van der Waals surface area contributed by atoms with Crippen molar-refractivity contribution in [3.05, 3.63) is 22.8 Å². The van der Waals surface area contributed by atoms with E-state index in [1.807, 2.05) is 13.8 Å². The number of hydrogen-bond donors (Lipinski definition) is 1. The lowest BCUT2D eigenvalue weighted by Crippen LogP contribution is -2.13. The molecule has 1 amide bonds. The molecule has 0 fully saturated rings. The average molecular weight is 229 g/mol. The van der Waals surface area contributed by atoms with E-state index in [9.17, 15) is 9.59 Å². The van der Waals surface area contributed by atoms with E-state index in [4.69, 9.17) is 7.85 Å². The van der Waals surface area contributed by atoms with Gasteiger partial charge in [0.25, 0.3) is 11.7 Å². The van der Waals surface area contributed by atoms with E-state index in [-0.39, 0.29) is 1.43 Å². The predicted molar refractivity (Wildman–Crippen MR) is 70.3 cm³/mol. The van der Waals surface area contributed by atoms with Crippen LogP contribution in [0.2, 0.25) is 0 Å². The quantitative estimate of drug-likeness (QED) is 0.539. The Morgan fingerprint density at radius 1 is 1.24 bits per heavy atom. The van der Waals surface area contributed by atoms with Gasteiger partial charge in [-0.1, -0.05) is 25.4 Å². The summed E-state index contributed by atoms with van der Waals surface area (Å²) < 4.78 is 0. The number of hydrogen-bond acceptors (Lipinski definition) is 2. The van der Waals surface area contributed by atoms with Gasteiger partial charge in [0.05, 0.1) is 11.3 Å². The molecule has 2 aliphatic rings. The molecule has 17 heavy (non-hydrogen) atoms. The molecule has 0 atom stereocenters. The fourth-order valence-corrected chi connectivity index (χ4v) is 2.43. The van der Waals surface area contributed by atoms with Crippen LogP contribution in [-0.4, -0.2) is 19.5 Å². The Morgan fingerprint density at radius 2 is 1.88 bits per heavy atom. The van der Waals surface area contributed by atoms with Crippen LogP contribution in [0.5, 0.6) is 0 Å². The molecule has 0 saturated carbocycles. The normalized spacial score (nSPS) is 15.9. The summed E-state index contributed by atoms with van der Waals surface area (Å²) in [5.74, 6) is -1.00. The largest absolute Gasteiger partial charge is 0.318 e. The molecule has 1 aliphatic carbocycles. The monoisotopic (exact) mass is 229 g/mol. The molecule has 0 saturated heterocycles. The lowest BCUT2D eigenvalue weighted by molar-refractivity contribution is -0.112. The van der Waals surface area contributed by atoms with Crippen LogP contribution in [0.15, 0.2) is 6.07 Å². The lowest BCUT2D eigenvalue weighted by atomic mass is 9.85. The molecule has 88 valence electrons. The van der Waals surface area contributed by atoms with Gasteiger partial charge >= 0.3 is 0 Å². The minimum atomic E-state index is -0.537. The number of amides is 1. The van der Waals surface area contributed by atoms with Crippen LogP contribution in [0.4, 0.5) is 5.69 Å². The Morgan fingerprint density at radius 3 is 2.59 bits per heavy atom. The molecular formula is C13H16BNO2. The van der Waals surface area contributed by atoms with E-state index in [1.165, 1.54) is 0 Å². The lowest BCUT2D eigenvalue weighted by Gasteiger charge is -2.09. The van der Waals surface area contributed by atoms with Gasteiger partial charge < -0.3 is 5.32 Å². The highest BCUT2D eigenvalue weighted by Gasteiger charge is 2.32. The van der Waals surface area contributed by atoms with Gasteiger partial charge in [0, 0.05) is 1.43 Å². The maximum absolute atomic E-state index is 11.5. The Hall–Kier alpha value is -1.58. The zero-order valence-corrected chi connectivity index (χ0v) is 10.1. The van der Waals surface area contributed by atoms with Crippen LogP contribution in [0.3, 0.4) is 0 Å². The fraction of sp³-hybridized carbons (Fsp3) is 0.385. The van der Waals surface area contributed by atoms with Crippen LogP contribution < -0.4 is 10.8 Å². The van der Waals surface area contributed by atoms with E-state index < -0.39 is 11.7 Å². The molecule has 1 aromatic carbocycles. The van der Waals surface area contributed by atoms with E-state index in [2.05, 4.69) is 5.32 Å². The van der Waals surface area contributed by atoms with Crippen molar-refractivity contribution in [1.82, 2.24) is 0 Å². The van der Waals surface area contributed by atoms with Crippen molar-refractivity contribution < 1.29 is 11.0 Å². The second-order valence-electron chi connectivity index (χ2n) is 3.98. The number of carbonyl (C=O) groups is 2. The SMILES string of the molecule is CC.[B]c1cc2c(c3c1CCC3)NC(=O)C2=O.[HH]. The maximum Gasteiger partial charge on any atom is 0.296 e. The van der Waals surface area contributed by atoms with E-state index in [0.29, 0.717) is 16.7 Å². The van der Waals surface area contributed by atoms with E-state index in [0.717, 1.165) is 30.4 Å². The van der Waals surface area contributed by atoms with Gasteiger partial charge in [-0.3, -0.25) is 9.59 Å². The van der Waals surface area contributed by atoms with Crippen molar-refractivity contribution in [2.45, 2.75) is 33.1 Å². The van der Waals surface area contributed by atoms with Crippen LogP contribution in [0, 0.1) is 0 Å². The molecule has 0 bridgehead atoms. The van der Waals surface area contributed by atoms with Crippen molar-refractivity contribution in [3.63, 3.8) is 0 Å². The first-order valence-electron chi connectivity index (χ1n) is 5.98. The highest BCUT2D eigenvalue weighted by atomic mass is 16.2. The number of anilines is 1. The highest BCUT2D eigenvalue weighted by molar-refractivity contribution is 6.52. The van der Waals surface area contributed by atoms with Gasteiger partial charge in [-0.25, -0.2) is 0 Å². The van der Waals surface area contributed by atoms with Gasteiger partial charge in [-0.15, -0.1) is 0 Å². The number of Topliss-reactive ketones (excluding diaryl/α,β-unsaturated/α-hetero) is 1. The number of nitrogens with one attached hydrogen (secondary N) is 1. The number of rotatable bonds is 0. The van der Waals surface area contributed by atoms with Gasteiger partial charge in [-0.05, 0) is 30.4 Å². The van der Waals surface area contributed by atoms with Gasteiger partial charge in [0.1, 0.15) is 7.85 Å². The van der Waals surface area contributed by atoms with E-state index in [1.54, 1.807) is 6.07 Å². The first kappa shape index (κ1) is 11.9. The second-order valence-corrected chi connectivity index (χ2v) is 3.98. The van der Waals surface area contributed by atoms with Crippen molar-refractivity contribution in [3.8, 4) is 0 Å². The molecule has 4 heteroatoms. The molecule has 1 aliphatic heterocycles. The minimum absolute atomic E-state index is 0. The Kier molecular flexibility index (Phi) is 3.05. The molecule has 3 rings (SSSR count). The molecule has 1 N–H and O–H groups in total. The van der Waals surface area contributed by atoms with Crippen LogP contribution in [0.1, 0.15) is 43.2 Å². The number of carbonyl (C=O) groups excluding carboxylic acids is 2. The average Bonchev–Trinajstić information content (AvgIpc) is 2.92. The summed E-state index contributed by atoms with van der Waals surface area (Å²) in [6.45, 7) is 4.00. The molecule has 0 spiro atoms. The first-order chi connectivity index (χ1) is 8.18.